The maximum Gasteiger partial charge on any atom is 0.330 e. The number of halogens is 2. The van der Waals surface area contributed by atoms with Crippen molar-refractivity contribution in [1.29, 1.82) is 0 Å². The second kappa shape index (κ2) is 8.88. The fourth-order valence-electron chi connectivity index (χ4n) is 3.56. The third-order valence-electron chi connectivity index (χ3n) is 5.17. The van der Waals surface area contributed by atoms with Gasteiger partial charge in [-0.2, -0.15) is 0 Å². The Morgan fingerprint density at radius 3 is 2.35 bits per heavy atom. The van der Waals surface area contributed by atoms with Gasteiger partial charge in [0.05, 0.1) is 6.10 Å². The lowest BCUT2D eigenvalue weighted by atomic mass is 10.00. The van der Waals surface area contributed by atoms with Crippen molar-refractivity contribution < 1.29 is 14.6 Å². The van der Waals surface area contributed by atoms with Gasteiger partial charge in [0.1, 0.15) is 18.1 Å². The SMILES string of the molecule is Cc1cn([C@H]2C[C@H](O)[C@@H](C(Oc3ccc(Cl)cc3)c3ccc(Cl)cc3)O2)c(=O)[nH]c1=O. The highest BCUT2D eigenvalue weighted by molar-refractivity contribution is 6.30. The zero-order chi connectivity index (χ0) is 22.1. The summed E-state index contributed by atoms with van der Waals surface area (Å²) >= 11 is 12.0. The van der Waals surface area contributed by atoms with Gasteiger partial charge in [-0.1, -0.05) is 35.3 Å². The zero-order valence-electron chi connectivity index (χ0n) is 16.5. The quantitative estimate of drug-likeness (QED) is 0.603. The largest absolute Gasteiger partial charge is 0.483 e. The molecule has 0 bridgehead atoms. The van der Waals surface area contributed by atoms with Gasteiger partial charge < -0.3 is 14.6 Å². The summed E-state index contributed by atoms with van der Waals surface area (Å²) in [5, 5.41) is 11.9. The minimum absolute atomic E-state index is 0.157. The zero-order valence-corrected chi connectivity index (χ0v) is 18.0. The number of ether oxygens (including phenoxy) is 2. The van der Waals surface area contributed by atoms with E-state index < -0.39 is 35.8 Å². The number of hydrogen-bond acceptors (Lipinski definition) is 5. The summed E-state index contributed by atoms with van der Waals surface area (Å²) in [4.78, 5) is 26.2. The van der Waals surface area contributed by atoms with Crippen LogP contribution >= 0.6 is 23.2 Å². The number of rotatable bonds is 5. The van der Waals surface area contributed by atoms with E-state index in [9.17, 15) is 14.7 Å². The van der Waals surface area contributed by atoms with Crippen LogP contribution in [0.4, 0.5) is 0 Å². The Labute approximate surface area is 187 Å². The first-order valence-corrected chi connectivity index (χ1v) is 10.4. The average Bonchev–Trinajstić information content (AvgIpc) is 3.12. The molecule has 4 atom stereocenters. The molecule has 3 aromatic rings. The fraction of sp³-hybridized carbons (Fsp3) is 0.273. The second-order valence-electron chi connectivity index (χ2n) is 7.38. The molecule has 7 nitrogen and oxygen atoms in total. The molecular formula is C22H20Cl2N2O5. The van der Waals surface area contributed by atoms with Crippen LogP contribution < -0.4 is 16.0 Å². The average molecular weight is 463 g/mol. The predicted octanol–water partition coefficient (Wildman–Crippen LogP) is 3.62. The Morgan fingerprint density at radius 2 is 1.71 bits per heavy atom. The number of hydrogen-bond donors (Lipinski definition) is 2. The minimum atomic E-state index is -0.919. The van der Waals surface area contributed by atoms with Crippen molar-refractivity contribution in [3.63, 3.8) is 0 Å². The Balaban J connectivity index is 1.66. The van der Waals surface area contributed by atoms with E-state index in [4.69, 9.17) is 32.7 Å². The second-order valence-corrected chi connectivity index (χ2v) is 8.25. The van der Waals surface area contributed by atoms with Crippen LogP contribution in [0.1, 0.15) is 29.9 Å². The number of aryl methyl sites for hydroxylation is 1. The highest BCUT2D eigenvalue weighted by Crippen LogP contribution is 2.38. The van der Waals surface area contributed by atoms with Gasteiger partial charge in [0.25, 0.3) is 5.56 Å². The predicted molar refractivity (Wildman–Crippen MR) is 117 cm³/mol. The highest BCUT2D eigenvalue weighted by Gasteiger charge is 2.42. The van der Waals surface area contributed by atoms with Crippen molar-refractivity contribution in [3.05, 3.63) is 96.7 Å². The maximum absolute atomic E-state index is 12.3. The molecule has 2 heterocycles. The summed E-state index contributed by atoms with van der Waals surface area (Å²) in [6.07, 6.45) is -1.55. The van der Waals surface area contributed by atoms with E-state index in [1.807, 2.05) is 0 Å². The van der Waals surface area contributed by atoms with Crippen molar-refractivity contribution in [3.8, 4) is 5.75 Å². The Kier molecular flexibility index (Phi) is 6.20. The summed E-state index contributed by atoms with van der Waals surface area (Å²) in [5.74, 6) is 0.542. The molecule has 1 fully saturated rings. The molecule has 2 N–H and O–H groups in total. The summed E-state index contributed by atoms with van der Waals surface area (Å²) < 4.78 is 13.5. The van der Waals surface area contributed by atoms with Crippen LogP contribution in [0.3, 0.4) is 0 Å². The number of aromatic nitrogens is 2. The van der Waals surface area contributed by atoms with Gasteiger partial charge in [0, 0.05) is 28.2 Å². The molecule has 0 amide bonds. The monoisotopic (exact) mass is 462 g/mol. The van der Waals surface area contributed by atoms with Gasteiger partial charge in [-0.3, -0.25) is 14.3 Å². The van der Waals surface area contributed by atoms with E-state index in [2.05, 4.69) is 4.98 Å². The van der Waals surface area contributed by atoms with Crippen molar-refractivity contribution in [1.82, 2.24) is 9.55 Å². The third-order valence-corrected chi connectivity index (χ3v) is 5.67. The first kappa shape index (κ1) is 21.6. The molecule has 1 aliphatic heterocycles. The molecule has 2 aromatic carbocycles. The third kappa shape index (κ3) is 4.70. The molecular weight excluding hydrogens is 443 g/mol. The Morgan fingerprint density at radius 1 is 1.10 bits per heavy atom. The van der Waals surface area contributed by atoms with Gasteiger partial charge >= 0.3 is 5.69 Å². The van der Waals surface area contributed by atoms with E-state index in [1.54, 1.807) is 55.5 Å². The van der Waals surface area contributed by atoms with Gasteiger partial charge in [-0.25, -0.2) is 4.79 Å². The topological polar surface area (TPSA) is 93.6 Å². The van der Waals surface area contributed by atoms with Crippen molar-refractivity contribution in [2.45, 2.75) is 37.9 Å². The number of aliphatic hydroxyl groups is 1. The summed E-state index contributed by atoms with van der Waals surface area (Å²) in [5.41, 5.74) is 0.0541. The summed E-state index contributed by atoms with van der Waals surface area (Å²) in [6.45, 7) is 1.60. The molecule has 9 heteroatoms. The number of nitrogens with one attached hydrogen (secondary N) is 1. The molecule has 0 aliphatic carbocycles. The lowest BCUT2D eigenvalue weighted by Crippen LogP contribution is -2.34. The molecule has 1 saturated heterocycles. The number of H-pyrrole nitrogens is 1. The van der Waals surface area contributed by atoms with Crippen molar-refractivity contribution in [2.75, 3.05) is 0 Å². The number of aliphatic hydroxyl groups excluding tert-OH is 1. The van der Waals surface area contributed by atoms with E-state index in [-0.39, 0.29) is 6.42 Å². The fourth-order valence-corrected chi connectivity index (χ4v) is 3.81. The molecule has 0 saturated carbocycles. The van der Waals surface area contributed by atoms with E-state index in [1.165, 1.54) is 10.8 Å². The number of benzene rings is 2. The van der Waals surface area contributed by atoms with Crippen LogP contribution in [0.25, 0.3) is 0 Å². The van der Waals surface area contributed by atoms with Crippen LogP contribution in [0.5, 0.6) is 5.75 Å². The lowest BCUT2D eigenvalue weighted by Gasteiger charge is -2.27. The lowest BCUT2D eigenvalue weighted by molar-refractivity contribution is -0.0764. The Hall–Kier alpha value is -2.58. The molecule has 1 unspecified atom stereocenters. The van der Waals surface area contributed by atoms with E-state index in [0.29, 0.717) is 21.4 Å². The van der Waals surface area contributed by atoms with Gasteiger partial charge in [0.2, 0.25) is 0 Å². The number of aromatic amines is 1. The minimum Gasteiger partial charge on any atom is -0.483 e. The normalized spacial score (nSPS) is 21.7. The molecule has 0 spiro atoms. The molecule has 1 aliphatic rings. The van der Waals surface area contributed by atoms with Crippen molar-refractivity contribution >= 4 is 23.2 Å². The Bertz CT molecular complexity index is 1170. The standard InChI is InChI=1S/C22H20Cl2N2O5/c1-12-11-26(22(29)25-21(12)28)18-10-17(27)20(31-18)19(13-2-4-14(23)5-3-13)30-16-8-6-15(24)7-9-16/h2-9,11,17-20,27H,10H2,1H3,(H,25,28,29)/t17-,18+,19?,20-/m0/s1. The van der Waals surface area contributed by atoms with Gasteiger partial charge in [0.15, 0.2) is 6.10 Å². The van der Waals surface area contributed by atoms with Crippen LogP contribution in [-0.2, 0) is 4.74 Å². The number of nitrogens with zero attached hydrogens (tertiary/aromatic N) is 1. The van der Waals surface area contributed by atoms with Crippen LogP contribution in [-0.4, -0.2) is 26.9 Å². The maximum atomic E-state index is 12.3. The first-order valence-electron chi connectivity index (χ1n) is 9.65. The van der Waals surface area contributed by atoms with Crippen LogP contribution in [0.2, 0.25) is 10.0 Å². The van der Waals surface area contributed by atoms with E-state index >= 15 is 0 Å². The molecule has 1 aromatic heterocycles. The van der Waals surface area contributed by atoms with Gasteiger partial charge in [-0.05, 0) is 48.9 Å². The van der Waals surface area contributed by atoms with Gasteiger partial charge in [-0.15, -0.1) is 0 Å². The van der Waals surface area contributed by atoms with Crippen molar-refractivity contribution in [2.24, 2.45) is 0 Å². The smallest absolute Gasteiger partial charge is 0.330 e. The summed E-state index contributed by atoms with van der Waals surface area (Å²) in [6, 6.07) is 13.9. The summed E-state index contributed by atoms with van der Waals surface area (Å²) in [7, 11) is 0. The molecule has 162 valence electrons. The highest BCUT2D eigenvalue weighted by atomic mass is 35.5. The first-order chi connectivity index (χ1) is 14.8. The van der Waals surface area contributed by atoms with E-state index in [0.717, 1.165) is 5.56 Å². The molecule has 31 heavy (non-hydrogen) atoms. The molecule has 4 rings (SSSR count). The molecule has 0 radical (unpaired) electrons. The van der Waals surface area contributed by atoms with Crippen LogP contribution in [0.15, 0.2) is 64.3 Å². The van der Waals surface area contributed by atoms with Crippen LogP contribution in [0, 0.1) is 6.92 Å².